The first kappa shape index (κ1) is 32.3. The van der Waals surface area contributed by atoms with Crippen molar-refractivity contribution in [2.24, 2.45) is 5.73 Å². The summed E-state index contributed by atoms with van der Waals surface area (Å²) in [4.78, 5) is 59.5. The van der Waals surface area contributed by atoms with Crippen molar-refractivity contribution >= 4 is 29.5 Å². The predicted octanol–water partition coefficient (Wildman–Crippen LogP) is 0.0556. The molecule has 0 aliphatic carbocycles. The minimum atomic E-state index is -0.929. The molecule has 0 aromatic carbocycles. The van der Waals surface area contributed by atoms with Gasteiger partial charge in [-0.05, 0) is 45.4 Å². The van der Waals surface area contributed by atoms with E-state index in [2.05, 4.69) is 21.3 Å². The molecule has 8 N–H and O–H groups in total. The summed E-state index contributed by atoms with van der Waals surface area (Å²) in [5, 5.41) is 30.3. The van der Waals surface area contributed by atoms with Crippen LogP contribution in [0.3, 0.4) is 0 Å². The molecule has 13 nitrogen and oxygen atoms in total. The van der Waals surface area contributed by atoms with Crippen LogP contribution in [0.5, 0.6) is 11.8 Å². The van der Waals surface area contributed by atoms with Crippen LogP contribution in [0.1, 0.15) is 70.8 Å². The Hall–Kier alpha value is -3.77. The molecule has 0 saturated heterocycles. The van der Waals surface area contributed by atoms with E-state index in [9.17, 15) is 34.2 Å². The van der Waals surface area contributed by atoms with E-state index < -0.39 is 23.9 Å². The molecule has 2 unspecified atom stereocenters. The SMILES string of the molecule is CCC(=O)NCCCCC(NC(C)=O)C(=O)NC(CCCCNC(=O)CCn1c(O)cc(C)c1O)C(N)=O. The van der Waals surface area contributed by atoms with Gasteiger partial charge in [0.25, 0.3) is 0 Å². The minimum Gasteiger partial charge on any atom is -0.494 e. The van der Waals surface area contributed by atoms with Crippen molar-refractivity contribution < 1.29 is 34.2 Å². The second kappa shape index (κ2) is 16.9. The molecule has 0 radical (unpaired) electrons. The highest BCUT2D eigenvalue weighted by Gasteiger charge is 2.24. The Kier molecular flexibility index (Phi) is 14.3. The third-order valence-corrected chi connectivity index (χ3v) is 5.95. The third-order valence-electron chi connectivity index (χ3n) is 5.95. The Balaban J connectivity index is 2.42. The molecular formula is C25H42N6O7. The smallest absolute Gasteiger partial charge is 0.243 e. The molecule has 38 heavy (non-hydrogen) atoms. The lowest BCUT2D eigenvalue weighted by Crippen LogP contribution is -2.52. The highest BCUT2D eigenvalue weighted by Crippen LogP contribution is 2.26. The van der Waals surface area contributed by atoms with Crippen LogP contribution < -0.4 is 27.0 Å². The van der Waals surface area contributed by atoms with Crippen LogP contribution >= 0.6 is 0 Å². The van der Waals surface area contributed by atoms with Crippen molar-refractivity contribution in [2.45, 2.75) is 90.8 Å². The van der Waals surface area contributed by atoms with Crippen LogP contribution in [0.4, 0.5) is 0 Å². The quantitative estimate of drug-likeness (QED) is 0.128. The number of hydrogen-bond acceptors (Lipinski definition) is 7. The summed E-state index contributed by atoms with van der Waals surface area (Å²) in [5.41, 5.74) is 5.97. The minimum absolute atomic E-state index is 0.0578. The standard InChI is InChI=1S/C25H42N6O7/c1-4-20(33)27-12-8-6-10-19(29-17(3)32)24(37)30-18(23(26)36)9-5-7-13-28-21(34)11-14-31-22(35)15-16(2)25(31)38/h15,18-19,35,38H,4-14H2,1-3H3,(H2,26,36)(H,27,33)(H,28,34)(H,29,32)(H,30,37). The Labute approximate surface area is 222 Å². The fourth-order valence-corrected chi connectivity index (χ4v) is 3.78. The molecule has 2 atom stereocenters. The van der Waals surface area contributed by atoms with Gasteiger partial charge in [-0.3, -0.25) is 28.5 Å². The third kappa shape index (κ3) is 12.0. The number of aryl methyl sites for hydroxylation is 1. The second-order valence-corrected chi connectivity index (χ2v) is 9.17. The van der Waals surface area contributed by atoms with Gasteiger partial charge in [0, 0.05) is 51.0 Å². The maximum absolute atomic E-state index is 12.7. The first-order chi connectivity index (χ1) is 18.0. The second-order valence-electron chi connectivity index (χ2n) is 9.17. The molecule has 0 spiro atoms. The van der Waals surface area contributed by atoms with Gasteiger partial charge in [-0.1, -0.05) is 6.92 Å². The zero-order valence-corrected chi connectivity index (χ0v) is 22.5. The molecule has 0 aliphatic heterocycles. The Morgan fingerprint density at radius 3 is 2.00 bits per heavy atom. The Bertz CT molecular complexity index is 962. The van der Waals surface area contributed by atoms with Gasteiger partial charge in [0.2, 0.25) is 29.5 Å². The van der Waals surface area contributed by atoms with E-state index >= 15 is 0 Å². The number of carbonyl (C=O) groups excluding carboxylic acids is 5. The number of nitrogens with zero attached hydrogens (tertiary/aromatic N) is 1. The van der Waals surface area contributed by atoms with E-state index in [4.69, 9.17) is 5.73 Å². The number of unbranched alkanes of at least 4 members (excludes halogenated alkanes) is 2. The van der Waals surface area contributed by atoms with Crippen LogP contribution in [-0.2, 0) is 30.5 Å². The number of nitrogens with two attached hydrogens (primary N) is 1. The van der Waals surface area contributed by atoms with Crippen LogP contribution in [0.25, 0.3) is 0 Å². The summed E-state index contributed by atoms with van der Waals surface area (Å²) in [7, 11) is 0. The van der Waals surface area contributed by atoms with Crippen LogP contribution in [0.2, 0.25) is 0 Å². The first-order valence-electron chi connectivity index (χ1n) is 12.9. The molecule has 1 rings (SSSR count). The van der Waals surface area contributed by atoms with E-state index in [0.717, 1.165) is 0 Å². The van der Waals surface area contributed by atoms with E-state index in [0.29, 0.717) is 57.2 Å². The van der Waals surface area contributed by atoms with Gasteiger partial charge in [-0.15, -0.1) is 0 Å². The van der Waals surface area contributed by atoms with E-state index in [-0.39, 0.29) is 48.9 Å². The maximum atomic E-state index is 12.7. The summed E-state index contributed by atoms with van der Waals surface area (Å²) in [5.74, 6) is -2.12. The van der Waals surface area contributed by atoms with E-state index in [1.54, 1.807) is 13.8 Å². The number of carbonyl (C=O) groups is 5. The summed E-state index contributed by atoms with van der Waals surface area (Å²) in [6.45, 7) is 5.63. The monoisotopic (exact) mass is 538 g/mol. The van der Waals surface area contributed by atoms with Crippen molar-refractivity contribution in [3.8, 4) is 11.8 Å². The molecular weight excluding hydrogens is 496 g/mol. The van der Waals surface area contributed by atoms with Crippen molar-refractivity contribution in [3.05, 3.63) is 11.6 Å². The van der Waals surface area contributed by atoms with Gasteiger partial charge >= 0.3 is 0 Å². The first-order valence-corrected chi connectivity index (χ1v) is 12.9. The number of aromatic hydroxyl groups is 2. The zero-order valence-electron chi connectivity index (χ0n) is 22.5. The Morgan fingerprint density at radius 2 is 1.50 bits per heavy atom. The summed E-state index contributed by atoms with van der Waals surface area (Å²) in [6.07, 6.45) is 3.28. The van der Waals surface area contributed by atoms with Gasteiger partial charge < -0.3 is 37.2 Å². The fraction of sp³-hybridized carbons (Fsp3) is 0.640. The van der Waals surface area contributed by atoms with Gasteiger partial charge in [-0.2, -0.15) is 0 Å². The molecule has 0 saturated carbocycles. The molecule has 0 aliphatic rings. The number of rotatable bonds is 18. The summed E-state index contributed by atoms with van der Waals surface area (Å²) < 4.78 is 1.24. The van der Waals surface area contributed by atoms with Gasteiger partial charge in [0.15, 0.2) is 11.8 Å². The molecule has 1 heterocycles. The molecule has 0 bridgehead atoms. The summed E-state index contributed by atoms with van der Waals surface area (Å²) in [6, 6.07) is -0.353. The highest BCUT2D eigenvalue weighted by molar-refractivity contribution is 5.91. The molecule has 1 aromatic heterocycles. The lowest BCUT2D eigenvalue weighted by atomic mass is 10.1. The number of nitrogens with one attached hydrogen (secondary N) is 4. The maximum Gasteiger partial charge on any atom is 0.243 e. The Morgan fingerprint density at radius 1 is 0.921 bits per heavy atom. The number of aromatic nitrogens is 1. The number of amides is 5. The number of hydrogen-bond donors (Lipinski definition) is 7. The van der Waals surface area contributed by atoms with Crippen LogP contribution in [0.15, 0.2) is 6.07 Å². The summed E-state index contributed by atoms with van der Waals surface area (Å²) >= 11 is 0. The van der Waals surface area contributed by atoms with Gasteiger partial charge in [-0.25, -0.2) is 0 Å². The molecule has 13 heteroatoms. The van der Waals surface area contributed by atoms with Crippen molar-refractivity contribution in [3.63, 3.8) is 0 Å². The fourth-order valence-electron chi connectivity index (χ4n) is 3.78. The predicted molar refractivity (Wildman–Crippen MR) is 140 cm³/mol. The van der Waals surface area contributed by atoms with Crippen LogP contribution in [-0.4, -0.2) is 69.5 Å². The van der Waals surface area contributed by atoms with Crippen molar-refractivity contribution in [1.82, 2.24) is 25.8 Å². The van der Waals surface area contributed by atoms with Crippen molar-refractivity contribution in [2.75, 3.05) is 13.1 Å². The highest BCUT2D eigenvalue weighted by atomic mass is 16.3. The average molecular weight is 539 g/mol. The molecule has 1 aromatic rings. The molecule has 0 fully saturated rings. The van der Waals surface area contributed by atoms with Crippen LogP contribution in [0, 0.1) is 6.92 Å². The van der Waals surface area contributed by atoms with E-state index in [1.807, 2.05) is 0 Å². The van der Waals surface area contributed by atoms with Crippen molar-refractivity contribution in [1.29, 1.82) is 0 Å². The lowest BCUT2D eigenvalue weighted by molar-refractivity contribution is -0.131. The molecule has 214 valence electrons. The normalized spacial score (nSPS) is 12.3. The number of primary amides is 1. The van der Waals surface area contributed by atoms with E-state index in [1.165, 1.54) is 17.6 Å². The van der Waals surface area contributed by atoms with Gasteiger partial charge in [0.05, 0.1) is 0 Å². The average Bonchev–Trinajstić information content (AvgIpc) is 3.10. The zero-order chi connectivity index (χ0) is 28.7. The topological polar surface area (TPSA) is 205 Å². The molecule has 5 amide bonds. The van der Waals surface area contributed by atoms with Gasteiger partial charge in [0.1, 0.15) is 12.1 Å². The largest absolute Gasteiger partial charge is 0.494 e. The lowest BCUT2D eigenvalue weighted by Gasteiger charge is -2.21.